The van der Waals surface area contributed by atoms with Crippen LogP contribution < -0.4 is 5.69 Å². The third-order valence-electron chi connectivity index (χ3n) is 3.52. The predicted octanol–water partition coefficient (Wildman–Crippen LogP) is 1.90. The van der Waals surface area contributed by atoms with Gasteiger partial charge >= 0.3 is 5.69 Å². The zero-order valence-electron chi connectivity index (χ0n) is 9.99. The molecular formula is C13H15FN2O2. The summed E-state index contributed by atoms with van der Waals surface area (Å²) < 4.78 is 20.1. The van der Waals surface area contributed by atoms with Crippen LogP contribution in [0, 0.1) is 11.7 Å². The average Bonchev–Trinajstić information content (AvgIpc) is 2.66. The van der Waals surface area contributed by atoms with Crippen molar-refractivity contribution in [3.8, 4) is 0 Å². The molecule has 0 spiro atoms. The van der Waals surface area contributed by atoms with Gasteiger partial charge in [0.2, 0.25) is 0 Å². The number of fused-ring (bicyclic) bond motifs is 1. The highest BCUT2D eigenvalue weighted by molar-refractivity contribution is 5.75. The molecule has 1 fully saturated rings. The van der Waals surface area contributed by atoms with Gasteiger partial charge in [-0.05, 0) is 37.0 Å². The SMILES string of the molecule is O=c1[nH]c2cc(F)ccc2n1CC1CCOCC1. The Hall–Kier alpha value is -1.62. The van der Waals surface area contributed by atoms with Crippen molar-refractivity contribution in [1.82, 2.24) is 9.55 Å². The number of imidazole rings is 1. The average molecular weight is 250 g/mol. The second kappa shape index (κ2) is 4.57. The molecule has 5 heteroatoms. The summed E-state index contributed by atoms with van der Waals surface area (Å²) in [5, 5.41) is 0. The summed E-state index contributed by atoms with van der Waals surface area (Å²) in [4.78, 5) is 14.6. The van der Waals surface area contributed by atoms with Crippen LogP contribution in [0.5, 0.6) is 0 Å². The molecule has 2 aromatic rings. The van der Waals surface area contributed by atoms with E-state index in [1.54, 1.807) is 10.6 Å². The minimum Gasteiger partial charge on any atom is -0.381 e. The van der Waals surface area contributed by atoms with E-state index in [2.05, 4.69) is 4.98 Å². The van der Waals surface area contributed by atoms with Crippen molar-refractivity contribution >= 4 is 11.0 Å². The smallest absolute Gasteiger partial charge is 0.326 e. The second-order valence-electron chi connectivity index (χ2n) is 4.76. The number of aromatic amines is 1. The Bertz CT molecular complexity index is 611. The van der Waals surface area contributed by atoms with E-state index < -0.39 is 0 Å². The fourth-order valence-electron chi connectivity index (χ4n) is 2.50. The zero-order valence-corrected chi connectivity index (χ0v) is 9.99. The number of nitrogens with one attached hydrogen (secondary N) is 1. The van der Waals surface area contributed by atoms with Gasteiger partial charge in [0.25, 0.3) is 0 Å². The summed E-state index contributed by atoms with van der Waals surface area (Å²) in [6, 6.07) is 4.40. The van der Waals surface area contributed by atoms with Crippen molar-refractivity contribution < 1.29 is 9.13 Å². The van der Waals surface area contributed by atoms with Crippen LogP contribution in [-0.2, 0) is 11.3 Å². The zero-order chi connectivity index (χ0) is 12.5. The first-order chi connectivity index (χ1) is 8.74. The molecule has 3 rings (SSSR count). The Kier molecular flexibility index (Phi) is 2.91. The van der Waals surface area contributed by atoms with Crippen molar-refractivity contribution in [2.45, 2.75) is 19.4 Å². The van der Waals surface area contributed by atoms with Gasteiger partial charge in [-0.1, -0.05) is 0 Å². The van der Waals surface area contributed by atoms with Crippen LogP contribution in [0.25, 0.3) is 11.0 Å². The van der Waals surface area contributed by atoms with Crippen molar-refractivity contribution in [3.63, 3.8) is 0 Å². The first kappa shape index (κ1) is 11.5. The quantitative estimate of drug-likeness (QED) is 0.884. The molecule has 0 unspecified atom stereocenters. The lowest BCUT2D eigenvalue weighted by Gasteiger charge is -2.22. The Labute approximate surface area is 103 Å². The Morgan fingerprint density at radius 1 is 1.39 bits per heavy atom. The Morgan fingerprint density at radius 2 is 2.17 bits per heavy atom. The lowest BCUT2D eigenvalue weighted by molar-refractivity contribution is 0.0613. The third kappa shape index (κ3) is 2.06. The molecule has 0 aliphatic carbocycles. The topological polar surface area (TPSA) is 47.0 Å². The number of ether oxygens (including phenoxy) is 1. The van der Waals surface area contributed by atoms with E-state index >= 15 is 0 Å². The van der Waals surface area contributed by atoms with Gasteiger partial charge in [0, 0.05) is 19.8 Å². The van der Waals surface area contributed by atoms with Crippen molar-refractivity contribution in [1.29, 1.82) is 0 Å². The molecular weight excluding hydrogens is 235 g/mol. The number of hydrogen-bond acceptors (Lipinski definition) is 2. The second-order valence-corrected chi connectivity index (χ2v) is 4.76. The van der Waals surface area contributed by atoms with Gasteiger partial charge in [-0.25, -0.2) is 9.18 Å². The van der Waals surface area contributed by atoms with Crippen LogP contribution in [0.3, 0.4) is 0 Å². The summed E-state index contributed by atoms with van der Waals surface area (Å²) >= 11 is 0. The molecule has 0 atom stereocenters. The Balaban J connectivity index is 1.95. The number of hydrogen-bond donors (Lipinski definition) is 1. The largest absolute Gasteiger partial charge is 0.381 e. The van der Waals surface area contributed by atoms with Gasteiger partial charge in [0.05, 0.1) is 11.0 Å². The fraction of sp³-hybridized carbons (Fsp3) is 0.462. The van der Waals surface area contributed by atoms with E-state index in [1.165, 1.54) is 12.1 Å². The van der Waals surface area contributed by atoms with Gasteiger partial charge in [-0.15, -0.1) is 0 Å². The molecule has 0 saturated carbocycles. The molecule has 0 bridgehead atoms. The summed E-state index contributed by atoms with van der Waals surface area (Å²) in [7, 11) is 0. The van der Waals surface area contributed by atoms with Gasteiger partial charge in [0.15, 0.2) is 0 Å². The van der Waals surface area contributed by atoms with Crippen LogP contribution in [-0.4, -0.2) is 22.8 Å². The minimum atomic E-state index is -0.332. The molecule has 0 amide bonds. The molecule has 2 heterocycles. The lowest BCUT2D eigenvalue weighted by atomic mass is 10.0. The first-order valence-corrected chi connectivity index (χ1v) is 6.20. The van der Waals surface area contributed by atoms with Gasteiger partial charge in [0.1, 0.15) is 5.82 Å². The molecule has 96 valence electrons. The Morgan fingerprint density at radius 3 is 2.94 bits per heavy atom. The standard InChI is InChI=1S/C13H15FN2O2/c14-10-1-2-12-11(7-10)15-13(17)16(12)8-9-3-5-18-6-4-9/h1-2,7,9H,3-6,8H2,(H,15,17). The van der Waals surface area contributed by atoms with E-state index in [1.807, 2.05) is 0 Å². The number of aromatic nitrogens is 2. The molecule has 4 nitrogen and oxygen atoms in total. The van der Waals surface area contributed by atoms with Crippen LogP contribution in [0.4, 0.5) is 4.39 Å². The summed E-state index contributed by atoms with van der Waals surface area (Å²) in [6.07, 6.45) is 1.95. The molecule has 1 aromatic heterocycles. The molecule has 1 N–H and O–H groups in total. The van der Waals surface area contributed by atoms with Crippen LogP contribution in [0.1, 0.15) is 12.8 Å². The maximum atomic E-state index is 13.1. The highest BCUT2D eigenvalue weighted by Gasteiger charge is 2.17. The third-order valence-corrected chi connectivity index (χ3v) is 3.52. The highest BCUT2D eigenvalue weighted by Crippen LogP contribution is 2.19. The fourth-order valence-corrected chi connectivity index (χ4v) is 2.50. The van der Waals surface area contributed by atoms with E-state index in [4.69, 9.17) is 4.74 Å². The lowest BCUT2D eigenvalue weighted by Crippen LogP contribution is -2.25. The van der Waals surface area contributed by atoms with Crippen molar-refractivity contribution in [2.24, 2.45) is 5.92 Å². The van der Waals surface area contributed by atoms with E-state index in [-0.39, 0.29) is 11.5 Å². The van der Waals surface area contributed by atoms with E-state index in [9.17, 15) is 9.18 Å². The number of H-pyrrole nitrogens is 1. The number of halogens is 1. The highest BCUT2D eigenvalue weighted by atomic mass is 19.1. The molecule has 18 heavy (non-hydrogen) atoms. The number of nitrogens with zero attached hydrogens (tertiary/aromatic N) is 1. The van der Waals surface area contributed by atoms with Crippen LogP contribution in [0.2, 0.25) is 0 Å². The van der Waals surface area contributed by atoms with Crippen LogP contribution >= 0.6 is 0 Å². The van der Waals surface area contributed by atoms with Gasteiger partial charge in [-0.2, -0.15) is 0 Å². The normalized spacial score (nSPS) is 17.4. The summed E-state index contributed by atoms with van der Waals surface area (Å²) in [6.45, 7) is 2.20. The van der Waals surface area contributed by atoms with Crippen molar-refractivity contribution in [2.75, 3.05) is 13.2 Å². The molecule has 1 saturated heterocycles. The van der Waals surface area contributed by atoms with Gasteiger partial charge in [-0.3, -0.25) is 4.57 Å². The van der Waals surface area contributed by atoms with E-state index in [0.29, 0.717) is 18.0 Å². The number of rotatable bonds is 2. The van der Waals surface area contributed by atoms with E-state index in [0.717, 1.165) is 31.6 Å². The number of benzene rings is 1. The molecule has 1 aliphatic rings. The minimum absolute atomic E-state index is 0.165. The summed E-state index contributed by atoms with van der Waals surface area (Å²) in [5.41, 5.74) is 1.17. The maximum Gasteiger partial charge on any atom is 0.326 e. The molecule has 0 radical (unpaired) electrons. The van der Waals surface area contributed by atoms with Crippen LogP contribution in [0.15, 0.2) is 23.0 Å². The maximum absolute atomic E-state index is 13.1. The van der Waals surface area contributed by atoms with Gasteiger partial charge < -0.3 is 9.72 Å². The molecule has 1 aromatic carbocycles. The molecule has 1 aliphatic heterocycles. The summed E-state index contributed by atoms with van der Waals surface area (Å²) in [5.74, 6) is 0.127. The predicted molar refractivity (Wildman–Crippen MR) is 66.1 cm³/mol. The first-order valence-electron chi connectivity index (χ1n) is 6.20. The monoisotopic (exact) mass is 250 g/mol. The van der Waals surface area contributed by atoms with Crippen molar-refractivity contribution in [3.05, 3.63) is 34.5 Å².